The van der Waals surface area contributed by atoms with Gasteiger partial charge in [-0.25, -0.2) is 4.99 Å². The number of aromatic hydroxyl groups is 4. The molecule has 0 aliphatic carbocycles. The molecule has 4 aliphatic rings. The molecule has 8 nitrogen and oxygen atoms in total. The summed E-state index contributed by atoms with van der Waals surface area (Å²) < 4.78 is 0. The summed E-state index contributed by atoms with van der Waals surface area (Å²) in [5, 5.41) is 48.1. The summed E-state index contributed by atoms with van der Waals surface area (Å²) in [6.45, 7) is 0. The Labute approximate surface area is 300 Å². The van der Waals surface area contributed by atoms with Gasteiger partial charge < -0.3 is 30.7 Å². The third-order valence-electron chi connectivity index (χ3n) is 10.7. The van der Waals surface area contributed by atoms with E-state index in [2.05, 4.69) is 22.4 Å². The average molecular weight is 687 g/mol. The third kappa shape index (κ3) is 5.81. The molecule has 8 heteroatoms. The first-order valence-corrected chi connectivity index (χ1v) is 17.8. The molecule has 4 unspecified atom stereocenters. The highest BCUT2D eigenvalue weighted by molar-refractivity contribution is 6.30. The van der Waals surface area contributed by atoms with Gasteiger partial charge in [-0.05, 0) is 121 Å². The third-order valence-corrected chi connectivity index (χ3v) is 10.7. The molecule has 52 heavy (non-hydrogen) atoms. The molecule has 9 rings (SSSR count). The lowest BCUT2D eigenvalue weighted by atomic mass is 9.83. The Hall–Kier alpha value is -6.12. The van der Waals surface area contributed by atoms with E-state index in [1.54, 1.807) is 42.5 Å². The van der Waals surface area contributed by atoms with Crippen LogP contribution < -0.4 is 16.0 Å². The smallest absolute Gasteiger partial charge is 0.116 e. The maximum atomic E-state index is 10.6. The number of benzene rings is 4. The summed E-state index contributed by atoms with van der Waals surface area (Å²) in [6.07, 6.45) is 7.35. The second kappa shape index (κ2) is 12.9. The number of fused-ring (bicyclic) bond motifs is 6. The van der Waals surface area contributed by atoms with Crippen molar-refractivity contribution in [3.05, 3.63) is 160 Å². The zero-order valence-electron chi connectivity index (χ0n) is 28.4. The van der Waals surface area contributed by atoms with Crippen molar-refractivity contribution in [2.75, 3.05) is 0 Å². The lowest BCUT2D eigenvalue weighted by Gasteiger charge is -2.30. The predicted molar refractivity (Wildman–Crippen MR) is 204 cm³/mol. The fourth-order valence-electron chi connectivity index (χ4n) is 8.58. The summed E-state index contributed by atoms with van der Waals surface area (Å²) in [5.74, 6) is 0.729. The summed E-state index contributed by atoms with van der Waals surface area (Å²) >= 11 is 0. The van der Waals surface area contributed by atoms with E-state index in [0.717, 1.165) is 92.5 Å². The van der Waals surface area contributed by atoms with Crippen LogP contribution >= 0.6 is 0 Å². The van der Waals surface area contributed by atoms with Crippen molar-refractivity contribution in [2.45, 2.75) is 49.7 Å². The zero-order valence-corrected chi connectivity index (χ0v) is 28.4. The highest BCUT2D eigenvalue weighted by Crippen LogP contribution is 2.42. The maximum absolute atomic E-state index is 10.6. The van der Waals surface area contributed by atoms with E-state index < -0.39 is 0 Å². The van der Waals surface area contributed by atoms with Gasteiger partial charge in [0.15, 0.2) is 0 Å². The normalized spacial score (nSPS) is 26.0. The molecule has 0 saturated carbocycles. The number of rotatable bonds is 4. The van der Waals surface area contributed by atoms with Gasteiger partial charge >= 0.3 is 0 Å². The molecule has 0 spiro atoms. The number of phenols is 4. The molecule has 258 valence electrons. The van der Waals surface area contributed by atoms with Crippen LogP contribution in [-0.4, -0.2) is 55.0 Å². The molecule has 1 saturated heterocycles. The molecule has 1 aromatic heterocycles. The topological polar surface area (TPSA) is 133 Å². The van der Waals surface area contributed by atoms with Crippen LogP contribution in [-0.2, 0) is 0 Å². The number of H-pyrrole nitrogens is 1. The first kappa shape index (κ1) is 31.8. The van der Waals surface area contributed by atoms with Crippen molar-refractivity contribution in [1.82, 2.24) is 10.3 Å². The highest BCUT2D eigenvalue weighted by Gasteiger charge is 2.40. The van der Waals surface area contributed by atoms with Crippen LogP contribution in [0.15, 0.2) is 137 Å². The van der Waals surface area contributed by atoms with Crippen molar-refractivity contribution in [3.8, 4) is 23.0 Å². The van der Waals surface area contributed by atoms with Crippen LogP contribution in [0.4, 0.5) is 0 Å². The number of hydrogen-bond acceptors (Lipinski definition) is 7. The quantitative estimate of drug-likeness (QED) is 0.134. The minimum Gasteiger partial charge on any atom is -0.508 e. The number of aromatic nitrogens is 1. The Morgan fingerprint density at radius 2 is 1.21 bits per heavy atom. The molecular formula is C44H38N4O4. The molecular weight excluding hydrogens is 649 g/mol. The number of phenolic OH excluding ortho intramolecular Hbond substituents is 4. The van der Waals surface area contributed by atoms with Crippen molar-refractivity contribution in [1.29, 1.82) is 0 Å². The minimum absolute atomic E-state index is 0.0218. The van der Waals surface area contributed by atoms with Gasteiger partial charge in [-0.2, -0.15) is 0 Å². The summed E-state index contributed by atoms with van der Waals surface area (Å²) in [5.41, 5.74) is 8.86. The predicted octanol–water partition coefficient (Wildman–Crippen LogP) is 6.18. The number of nitrogens with zero attached hydrogens (tertiary/aromatic N) is 2. The van der Waals surface area contributed by atoms with Gasteiger partial charge in [0.1, 0.15) is 23.0 Å². The van der Waals surface area contributed by atoms with Crippen LogP contribution in [0.3, 0.4) is 0 Å². The number of hydrogen-bond donors (Lipinski definition) is 6. The highest BCUT2D eigenvalue weighted by atomic mass is 16.3. The van der Waals surface area contributed by atoms with E-state index in [-0.39, 0.29) is 47.0 Å². The molecule has 5 aromatic rings. The second-order valence-corrected chi connectivity index (χ2v) is 14.0. The van der Waals surface area contributed by atoms with Gasteiger partial charge in [0.05, 0.1) is 17.5 Å². The molecule has 4 aromatic carbocycles. The first-order chi connectivity index (χ1) is 25.4. The number of allylic oxidation sites excluding steroid dienone is 2. The van der Waals surface area contributed by atoms with Gasteiger partial charge in [0.25, 0.3) is 0 Å². The summed E-state index contributed by atoms with van der Waals surface area (Å²) in [7, 11) is 0. The van der Waals surface area contributed by atoms with E-state index in [1.807, 2.05) is 66.7 Å². The average Bonchev–Trinajstić information content (AvgIpc) is 3.96. The molecule has 5 heterocycles. The van der Waals surface area contributed by atoms with E-state index in [4.69, 9.17) is 9.98 Å². The molecule has 4 aliphatic heterocycles. The standard InChI is InChI=1S/C44H38N4O4/c49-29-9-1-5-25(21-29)41-33-13-15-35(45-33)42(26-6-2-10-30(50)22-26)37-17-19-39(47-37)44(28-8-4-12-32(52)24-28)40-20-18-38(48-40)43(36-16-14-34(41)46-36)27-7-3-11-31(51)23-27/h1-16,21-24,37,39-40,44,46-47,49-52H,17-20H2/b41-34-,42-35-,43-36-. The van der Waals surface area contributed by atoms with Crippen molar-refractivity contribution < 1.29 is 20.4 Å². The van der Waals surface area contributed by atoms with Gasteiger partial charge in [-0.1, -0.05) is 48.5 Å². The van der Waals surface area contributed by atoms with Gasteiger partial charge in [-0.15, -0.1) is 0 Å². The fourth-order valence-corrected chi connectivity index (χ4v) is 8.58. The Kier molecular flexibility index (Phi) is 7.89. The Balaban J connectivity index is 1.35. The van der Waals surface area contributed by atoms with Crippen LogP contribution in [0.1, 0.15) is 53.9 Å². The van der Waals surface area contributed by atoms with Crippen molar-refractivity contribution in [2.24, 2.45) is 9.98 Å². The van der Waals surface area contributed by atoms with Gasteiger partial charge in [0, 0.05) is 51.1 Å². The fraction of sp³-hybridized carbons (Fsp3) is 0.182. The molecule has 4 atom stereocenters. The van der Waals surface area contributed by atoms with Gasteiger partial charge in [0.2, 0.25) is 0 Å². The van der Waals surface area contributed by atoms with E-state index >= 15 is 0 Å². The summed E-state index contributed by atoms with van der Waals surface area (Å²) in [4.78, 5) is 14.5. The Morgan fingerprint density at radius 3 is 1.90 bits per heavy atom. The number of aliphatic imine (C=N–C) groups is 2. The Morgan fingerprint density at radius 1 is 0.596 bits per heavy atom. The van der Waals surface area contributed by atoms with Crippen LogP contribution in [0, 0.1) is 0 Å². The van der Waals surface area contributed by atoms with Crippen molar-refractivity contribution >= 4 is 28.1 Å². The molecule has 0 radical (unpaired) electrons. The molecule has 1 fully saturated rings. The lowest BCUT2D eigenvalue weighted by Crippen LogP contribution is -2.38. The monoisotopic (exact) mass is 686 g/mol. The van der Waals surface area contributed by atoms with Crippen molar-refractivity contribution in [3.63, 3.8) is 0 Å². The molecule has 6 N–H and O–H groups in total. The number of nitrogens with one attached hydrogen (secondary N) is 2. The van der Waals surface area contributed by atoms with Crippen LogP contribution in [0.25, 0.3) is 16.7 Å². The lowest BCUT2D eigenvalue weighted by molar-refractivity contribution is 0.409. The van der Waals surface area contributed by atoms with E-state index in [1.165, 1.54) is 0 Å². The molecule has 8 bridgehead atoms. The maximum Gasteiger partial charge on any atom is 0.116 e. The largest absolute Gasteiger partial charge is 0.508 e. The minimum atomic E-state index is -0.0668. The van der Waals surface area contributed by atoms with Crippen LogP contribution in [0.2, 0.25) is 0 Å². The van der Waals surface area contributed by atoms with Crippen LogP contribution in [0.5, 0.6) is 23.0 Å². The zero-order chi connectivity index (χ0) is 35.3. The summed E-state index contributed by atoms with van der Waals surface area (Å²) in [6, 6.07) is 33.5. The van der Waals surface area contributed by atoms with E-state index in [0.29, 0.717) is 0 Å². The SMILES string of the molecule is Oc1cccc(/C2=C3\C=CC(=N3)/C(c3cccc(O)c3)=c3/cc/c([nH]3)=C(\c3cccc(O)c3)C3=NC(CC3)C(c3cccc(O)c3)C3CCC2N3)c1. The first-order valence-electron chi connectivity index (χ1n) is 17.8. The number of aromatic amines is 1. The van der Waals surface area contributed by atoms with Gasteiger partial charge in [-0.3, -0.25) is 4.99 Å². The molecule has 0 amide bonds. The second-order valence-electron chi connectivity index (χ2n) is 14.0. The van der Waals surface area contributed by atoms with E-state index in [9.17, 15) is 20.4 Å². The Bertz CT molecular complexity index is 2490.